The molecule has 96 valence electrons. The number of carbonyl (C=O) groups excluding carboxylic acids is 1. The normalized spacial score (nSPS) is 12.8. The van der Waals surface area contributed by atoms with Gasteiger partial charge in [-0.05, 0) is 12.8 Å². The highest BCUT2D eigenvalue weighted by molar-refractivity contribution is 6.21. The molecule has 1 heterocycles. The lowest BCUT2D eigenvalue weighted by molar-refractivity contribution is 0.0951. The molecule has 0 aliphatic rings. The molecule has 1 rings (SSSR count). The van der Waals surface area contributed by atoms with E-state index in [2.05, 4.69) is 29.4 Å². The topological polar surface area (TPSA) is 57.8 Å². The van der Waals surface area contributed by atoms with Gasteiger partial charge in [0.1, 0.15) is 0 Å². The van der Waals surface area contributed by atoms with Crippen LogP contribution < -0.4 is 5.32 Å². The van der Waals surface area contributed by atoms with Gasteiger partial charge in [-0.1, -0.05) is 26.7 Å². The fourth-order valence-electron chi connectivity index (χ4n) is 1.83. The lowest BCUT2D eigenvalue weighted by Gasteiger charge is -2.19. The van der Waals surface area contributed by atoms with E-state index < -0.39 is 0 Å². The van der Waals surface area contributed by atoms with Gasteiger partial charge in [-0.3, -0.25) is 9.89 Å². The highest BCUT2D eigenvalue weighted by Gasteiger charge is 2.17. The van der Waals surface area contributed by atoms with Crippen molar-refractivity contribution in [3.05, 3.63) is 17.5 Å². The van der Waals surface area contributed by atoms with E-state index in [9.17, 15) is 4.79 Å². The lowest BCUT2D eigenvalue weighted by Crippen LogP contribution is -2.33. The molecule has 0 aliphatic heterocycles. The smallest absolute Gasteiger partial charge is 0.254 e. The van der Waals surface area contributed by atoms with Gasteiger partial charge in [-0.2, -0.15) is 5.10 Å². The van der Waals surface area contributed by atoms with E-state index in [1.54, 1.807) is 0 Å². The molecule has 2 N–H and O–H groups in total. The Morgan fingerprint density at radius 3 is 2.65 bits per heavy atom. The van der Waals surface area contributed by atoms with E-state index in [1.807, 2.05) is 6.92 Å². The number of hydrogen-bond acceptors (Lipinski definition) is 2. The Morgan fingerprint density at radius 2 is 2.18 bits per heavy atom. The van der Waals surface area contributed by atoms with Gasteiger partial charge in [-0.15, -0.1) is 11.6 Å². The summed E-state index contributed by atoms with van der Waals surface area (Å²) in [6.07, 6.45) is 3.60. The molecule has 1 unspecified atom stereocenters. The predicted octanol–water partition coefficient (Wildman–Crippen LogP) is 2.49. The van der Waals surface area contributed by atoms with Crippen molar-refractivity contribution >= 4 is 17.5 Å². The van der Waals surface area contributed by atoms with Crippen LogP contribution in [-0.2, 0) is 0 Å². The van der Waals surface area contributed by atoms with E-state index in [0.717, 1.165) is 18.5 Å². The first-order chi connectivity index (χ1) is 8.10. The van der Waals surface area contributed by atoms with Gasteiger partial charge in [0.25, 0.3) is 5.91 Å². The Morgan fingerprint density at radius 1 is 1.53 bits per heavy atom. The van der Waals surface area contributed by atoms with Crippen LogP contribution in [0.3, 0.4) is 0 Å². The third-order valence-electron chi connectivity index (χ3n) is 3.09. The second-order valence-corrected chi connectivity index (χ2v) is 4.77. The van der Waals surface area contributed by atoms with Crippen molar-refractivity contribution in [1.29, 1.82) is 0 Å². The zero-order chi connectivity index (χ0) is 12.8. The van der Waals surface area contributed by atoms with E-state index in [0.29, 0.717) is 18.0 Å². The molecule has 1 aromatic rings. The van der Waals surface area contributed by atoms with E-state index in [1.165, 1.54) is 6.20 Å². The summed E-state index contributed by atoms with van der Waals surface area (Å²) in [5.74, 6) is 0.329. The van der Waals surface area contributed by atoms with Crippen molar-refractivity contribution in [2.24, 2.45) is 5.92 Å². The molecule has 0 bridgehead atoms. The van der Waals surface area contributed by atoms with Gasteiger partial charge in [0.05, 0.1) is 17.1 Å². The maximum absolute atomic E-state index is 11.8. The minimum absolute atomic E-state index is 0.0128. The quantitative estimate of drug-likeness (QED) is 0.770. The number of H-pyrrole nitrogens is 1. The number of rotatable bonds is 6. The Kier molecular flexibility index (Phi) is 5.48. The molecule has 1 amide bonds. The molecule has 0 fully saturated rings. The SMILES string of the molecule is CCC(CC)C(Cl)CNC(=O)c1cn[nH]c1C. The van der Waals surface area contributed by atoms with Crippen molar-refractivity contribution in [3.8, 4) is 0 Å². The fraction of sp³-hybridized carbons (Fsp3) is 0.667. The number of aromatic amines is 1. The summed E-state index contributed by atoms with van der Waals surface area (Å²) in [7, 11) is 0. The lowest BCUT2D eigenvalue weighted by atomic mass is 9.99. The van der Waals surface area contributed by atoms with E-state index in [4.69, 9.17) is 11.6 Å². The second kappa shape index (κ2) is 6.64. The average Bonchev–Trinajstić information content (AvgIpc) is 2.74. The summed E-state index contributed by atoms with van der Waals surface area (Å²) in [5, 5.41) is 9.39. The maximum Gasteiger partial charge on any atom is 0.254 e. The molecule has 0 saturated carbocycles. The Balaban J connectivity index is 2.46. The van der Waals surface area contributed by atoms with Crippen molar-refractivity contribution in [2.75, 3.05) is 6.54 Å². The van der Waals surface area contributed by atoms with E-state index >= 15 is 0 Å². The van der Waals surface area contributed by atoms with Crippen LogP contribution in [0, 0.1) is 12.8 Å². The van der Waals surface area contributed by atoms with Crippen molar-refractivity contribution in [1.82, 2.24) is 15.5 Å². The van der Waals surface area contributed by atoms with Crippen LogP contribution in [0.1, 0.15) is 42.7 Å². The molecule has 0 radical (unpaired) electrons. The summed E-state index contributed by atoms with van der Waals surface area (Å²) in [5.41, 5.74) is 1.36. The number of alkyl halides is 1. The summed E-state index contributed by atoms with van der Waals surface area (Å²) in [6.45, 7) is 6.55. The van der Waals surface area contributed by atoms with Crippen molar-refractivity contribution in [3.63, 3.8) is 0 Å². The fourth-order valence-corrected chi connectivity index (χ4v) is 2.27. The Hall–Kier alpha value is -1.03. The first-order valence-electron chi connectivity index (χ1n) is 6.02. The van der Waals surface area contributed by atoms with Crippen LogP contribution in [-0.4, -0.2) is 28.0 Å². The number of halogens is 1. The minimum Gasteiger partial charge on any atom is -0.350 e. The van der Waals surface area contributed by atoms with Crippen molar-refractivity contribution in [2.45, 2.75) is 39.0 Å². The summed E-state index contributed by atoms with van der Waals surface area (Å²) < 4.78 is 0. The molecule has 1 aromatic heterocycles. The Labute approximate surface area is 107 Å². The standard InChI is InChI=1S/C12H20ClN3O/c1-4-9(5-2)11(13)7-14-12(17)10-6-15-16-8(10)3/h6,9,11H,4-5,7H2,1-3H3,(H,14,17)(H,15,16). The number of nitrogens with one attached hydrogen (secondary N) is 2. The van der Waals surface area contributed by atoms with Crippen LogP contribution >= 0.6 is 11.6 Å². The highest BCUT2D eigenvalue weighted by Crippen LogP contribution is 2.17. The molecular formula is C12H20ClN3O. The largest absolute Gasteiger partial charge is 0.350 e. The number of carbonyl (C=O) groups is 1. The molecule has 0 aliphatic carbocycles. The highest BCUT2D eigenvalue weighted by atomic mass is 35.5. The first-order valence-corrected chi connectivity index (χ1v) is 6.46. The number of nitrogens with zero attached hydrogens (tertiary/aromatic N) is 1. The van der Waals surface area contributed by atoms with Gasteiger partial charge in [0.2, 0.25) is 0 Å². The Bertz CT molecular complexity index is 360. The zero-order valence-electron chi connectivity index (χ0n) is 10.6. The third kappa shape index (κ3) is 3.73. The molecular weight excluding hydrogens is 238 g/mol. The monoisotopic (exact) mass is 257 g/mol. The van der Waals surface area contributed by atoms with Gasteiger partial charge >= 0.3 is 0 Å². The van der Waals surface area contributed by atoms with Crippen LogP contribution in [0.5, 0.6) is 0 Å². The molecule has 0 aromatic carbocycles. The molecule has 0 spiro atoms. The van der Waals surface area contributed by atoms with Crippen molar-refractivity contribution < 1.29 is 4.79 Å². The first kappa shape index (κ1) is 14.0. The number of hydrogen-bond donors (Lipinski definition) is 2. The van der Waals surface area contributed by atoms with Crippen LogP contribution in [0.4, 0.5) is 0 Å². The third-order valence-corrected chi connectivity index (χ3v) is 3.60. The number of aromatic nitrogens is 2. The maximum atomic E-state index is 11.8. The summed E-state index contributed by atoms with van der Waals surface area (Å²) in [4.78, 5) is 11.8. The van der Waals surface area contributed by atoms with Crippen LogP contribution in [0.25, 0.3) is 0 Å². The minimum atomic E-state index is -0.118. The number of aryl methyl sites for hydroxylation is 1. The van der Waals surface area contributed by atoms with Gasteiger partial charge in [-0.25, -0.2) is 0 Å². The molecule has 1 atom stereocenters. The average molecular weight is 258 g/mol. The van der Waals surface area contributed by atoms with Gasteiger partial charge < -0.3 is 5.32 Å². The molecule has 17 heavy (non-hydrogen) atoms. The zero-order valence-corrected chi connectivity index (χ0v) is 11.3. The summed E-state index contributed by atoms with van der Waals surface area (Å²) in [6, 6.07) is 0. The van der Waals surface area contributed by atoms with Crippen LogP contribution in [0.15, 0.2) is 6.20 Å². The molecule has 5 heteroatoms. The van der Waals surface area contributed by atoms with Gasteiger partial charge in [0, 0.05) is 12.2 Å². The second-order valence-electron chi connectivity index (χ2n) is 4.21. The van der Waals surface area contributed by atoms with Gasteiger partial charge in [0.15, 0.2) is 0 Å². The molecule has 4 nitrogen and oxygen atoms in total. The van der Waals surface area contributed by atoms with Crippen LogP contribution in [0.2, 0.25) is 0 Å². The molecule has 0 saturated heterocycles. The predicted molar refractivity (Wildman–Crippen MR) is 69.4 cm³/mol. The number of amides is 1. The van der Waals surface area contributed by atoms with E-state index in [-0.39, 0.29) is 11.3 Å². The summed E-state index contributed by atoms with van der Waals surface area (Å²) >= 11 is 6.25.